The molecule has 21 heavy (non-hydrogen) atoms. The third kappa shape index (κ3) is 6.38. The van der Waals surface area contributed by atoms with Gasteiger partial charge in [0.2, 0.25) is 0 Å². The zero-order chi connectivity index (χ0) is 14.2. The van der Waals surface area contributed by atoms with E-state index in [4.69, 9.17) is 9.47 Å². The number of nitrogens with zero attached hydrogens (tertiary/aromatic N) is 2. The number of piperazine rings is 1. The Morgan fingerprint density at radius 1 is 1.10 bits per heavy atom. The van der Waals surface area contributed by atoms with Gasteiger partial charge in [-0.2, -0.15) is 0 Å². The molecule has 4 nitrogen and oxygen atoms in total. The number of rotatable bonds is 6. The van der Waals surface area contributed by atoms with Gasteiger partial charge in [-0.3, -0.25) is 4.90 Å². The molecule has 118 valence electrons. The molecule has 2 rings (SSSR count). The zero-order valence-electron chi connectivity index (χ0n) is 12.8. The van der Waals surface area contributed by atoms with Crippen molar-refractivity contribution in [1.29, 1.82) is 0 Å². The maximum Gasteiger partial charge on any atom is 0.123 e. The Hall–Kier alpha value is -1.23. The van der Waals surface area contributed by atoms with Crippen LogP contribution in [0.3, 0.4) is 0 Å². The standard InChI is InChI=1S/C16H24N2O2.ClH/c1-17-9-11-18(12-10-17)8-3-4-13-20-16-7-5-6-15(14-16)19-2;/h3-7,14H,8-13H2,1-2H3;1H. The van der Waals surface area contributed by atoms with Gasteiger partial charge >= 0.3 is 0 Å². The molecule has 0 atom stereocenters. The molecule has 0 aliphatic carbocycles. The molecular weight excluding hydrogens is 288 g/mol. The van der Waals surface area contributed by atoms with E-state index in [1.165, 1.54) is 0 Å². The van der Waals surface area contributed by atoms with Crippen LogP contribution in [0.2, 0.25) is 0 Å². The van der Waals surface area contributed by atoms with Crippen LogP contribution in [0, 0.1) is 0 Å². The van der Waals surface area contributed by atoms with E-state index in [9.17, 15) is 0 Å². The first-order valence-electron chi connectivity index (χ1n) is 7.10. The fraction of sp³-hybridized carbons (Fsp3) is 0.500. The first kappa shape index (κ1) is 17.8. The highest BCUT2D eigenvalue weighted by Crippen LogP contribution is 2.18. The predicted octanol–water partition coefficient (Wildman–Crippen LogP) is 2.30. The van der Waals surface area contributed by atoms with Crippen molar-refractivity contribution >= 4 is 12.4 Å². The van der Waals surface area contributed by atoms with Gasteiger partial charge in [0.15, 0.2) is 0 Å². The van der Waals surface area contributed by atoms with Crippen molar-refractivity contribution in [3.05, 3.63) is 36.4 Å². The van der Waals surface area contributed by atoms with Gasteiger partial charge < -0.3 is 14.4 Å². The second-order valence-electron chi connectivity index (χ2n) is 5.07. The first-order chi connectivity index (χ1) is 9.78. The Bertz CT molecular complexity index is 432. The maximum absolute atomic E-state index is 5.66. The Morgan fingerprint density at radius 3 is 2.52 bits per heavy atom. The lowest BCUT2D eigenvalue weighted by molar-refractivity contribution is 0.166. The van der Waals surface area contributed by atoms with Gasteiger partial charge in [-0.25, -0.2) is 0 Å². The topological polar surface area (TPSA) is 24.9 Å². The van der Waals surface area contributed by atoms with Crippen LogP contribution in [-0.4, -0.2) is 63.3 Å². The van der Waals surface area contributed by atoms with E-state index in [0.717, 1.165) is 44.2 Å². The summed E-state index contributed by atoms with van der Waals surface area (Å²) in [6, 6.07) is 7.68. The zero-order valence-corrected chi connectivity index (χ0v) is 13.6. The van der Waals surface area contributed by atoms with Crippen molar-refractivity contribution in [2.24, 2.45) is 0 Å². The minimum Gasteiger partial charge on any atom is -0.497 e. The summed E-state index contributed by atoms with van der Waals surface area (Å²) >= 11 is 0. The van der Waals surface area contributed by atoms with Gasteiger partial charge in [0, 0.05) is 38.8 Å². The number of hydrogen-bond donors (Lipinski definition) is 0. The average Bonchev–Trinajstić information content (AvgIpc) is 2.49. The molecule has 0 saturated carbocycles. The highest BCUT2D eigenvalue weighted by Gasteiger charge is 2.11. The fourth-order valence-corrected chi connectivity index (χ4v) is 2.16. The van der Waals surface area contributed by atoms with E-state index in [0.29, 0.717) is 6.61 Å². The van der Waals surface area contributed by atoms with E-state index in [-0.39, 0.29) is 12.4 Å². The lowest BCUT2D eigenvalue weighted by Gasteiger charge is -2.31. The quantitative estimate of drug-likeness (QED) is 0.753. The van der Waals surface area contributed by atoms with E-state index < -0.39 is 0 Å². The summed E-state index contributed by atoms with van der Waals surface area (Å²) in [4.78, 5) is 4.83. The van der Waals surface area contributed by atoms with Crippen molar-refractivity contribution in [1.82, 2.24) is 9.80 Å². The Balaban J connectivity index is 0.00000220. The molecule has 0 radical (unpaired) electrons. The van der Waals surface area contributed by atoms with Gasteiger partial charge in [-0.15, -0.1) is 12.4 Å². The highest BCUT2D eigenvalue weighted by atomic mass is 35.5. The molecule has 5 heteroatoms. The Labute approximate surface area is 133 Å². The monoisotopic (exact) mass is 312 g/mol. The Kier molecular flexibility index (Phi) is 8.20. The fourth-order valence-electron chi connectivity index (χ4n) is 2.16. The minimum atomic E-state index is 0. The lowest BCUT2D eigenvalue weighted by atomic mass is 10.3. The number of hydrogen-bond acceptors (Lipinski definition) is 4. The van der Waals surface area contributed by atoms with Crippen LogP contribution in [-0.2, 0) is 0 Å². The smallest absolute Gasteiger partial charge is 0.123 e. The van der Waals surface area contributed by atoms with Crippen LogP contribution in [0.15, 0.2) is 36.4 Å². The number of halogens is 1. The molecule has 0 spiro atoms. The van der Waals surface area contributed by atoms with Crippen molar-refractivity contribution in [3.8, 4) is 11.5 Å². The van der Waals surface area contributed by atoms with Crippen molar-refractivity contribution < 1.29 is 9.47 Å². The molecule has 1 saturated heterocycles. The van der Waals surface area contributed by atoms with E-state index in [1.54, 1.807) is 7.11 Å². The third-order valence-corrected chi connectivity index (χ3v) is 3.51. The first-order valence-corrected chi connectivity index (χ1v) is 7.10. The summed E-state index contributed by atoms with van der Waals surface area (Å²) in [5, 5.41) is 0. The largest absolute Gasteiger partial charge is 0.497 e. The van der Waals surface area contributed by atoms with Gasteiger partial charge in [0.1, 0.15) is 18.1 Å². The molecule has 1 fully saturated rings. The summed E-state index contributed by atoms with van der Waals surface area (Å²) in [5.74, 6) is 1.66. The number of methoxy groups -OCH3 is 1. The van der Waals surface area contributed by atoms with Gasteiger partial charge in [0.05, 0.1) is 7.11 Å². The molecule has 1 heterocycles. The number of ether oxygens (including phenoxy) is 2. The number of benzene rings is 1. The van der Waals surface area contributed by atoms with Crippen molar-refractivity contribution in [3.63, 3.8) is 0 Å². The van der Waals surface area contributed by atoms with Crippen LogP contribution < -0.4 is 9.47 Å². The van der Waals surface area contributed by atoms with Crippen LogP contribution in [0.1, 0.15) is 0 Å². The van der Waals surface area contributed by atoms with Gasteiger partial charge in [0.25, 0.3) is 0 Å². The molecule has 0 amide bonds. The van der Waals surface area contributed by atoms with E-state index in [2.05, 4.69) is 29.0 Å². The maximum atomic E-state index is 5.66. The normalized spacial score (nSPS) is 16.7. The summed E-state index contributed by atoms with van der Waals surface area (Å²) in [6.07, 6.45) is 4.27. The summed E-state index contributed by atoms with van der Waals surface area (Å²) in [5.41, 5.74) is 0. The van der Waals surface area contributed by atoms with Crippen LogP contribution in [0.5, 0.6) is 11.5 Å². The second kappa shape index (κ2) is 9.66. The minimum absolute atomic E-state index is 0. The van der Waals surface area contributed by atoms with Gasteiger partial charge in [-0.05, 0) is 19.2 Å². The molecule has 1 aromatic rings. The predicted molar refractivity (Wildman–Crippen MR) is 88.8 cm³/mol. The molecular formula is C16H25ClN2O2. The summed E-state index contributed by atoms with van der Waals surface area (Å²) < 4.78 is 10.8. The third-order valence-electron chi connectivity index (χ3n) is 3.51. The van der Waals surface area contributed by atoms with Crippen molar-refractivity contribution in [2.45, 2.75) is 0 Å². The van der Waals surface area contributed by atoms with Crippen LogP contribution in [0.4, 0.5) is 0 Å². The van der Waals surface area contributed by atoms with Gasteiger partial charge in [-0.1, -0.05) is 18.2 Å². The molecule has 1 aliphatic rings. The van der Waals surface area contributed by atoms with Crippen molar-refractivity contribution in [2.75, 3.05) is 53.5 Å². The molecule has 0 bridgehead atoms. The van der Waals surface area contributed by atoms with E-state index >= 15 is 0 Å². The summed E-state index contributed by atoms with van der Waals surface area (Å²) in [6.45, 7) is 6.23. The van der Waals surface area contributed by atoms with Crippen LogP contribution >= 0.6 is 12.4 Å². The summed E-state index contributed by atoms with van der Waals surface area (Å²) in [7, 11) is 3.84. The molecule has 1 aliphatic heterocycles. The lowest BCUT2D eigenvalue weighted by Crippen LogP contribution is -2.44. The number of likely N-dealkylation sites (N-methyl/N-ethyl adjacent to an activating group) is 1. The molecule has 0 aromatic heterocycles. The SMILES string of the molecule is COc1cccc(OCC=CCN2CCN(C)CC2)c1.Cl. The molecule has 0 unspecified atom stereocenters. The van der Waals surface area contributed by atoms with Crippen LogP contribution in [0.25, 0.3) is 0 Å². The molecule has 0 N–H and O–H groups in total. The highest BCUT2D eigenvalue weighted by molar-refractivity contribution is 5.85. The molecule has 1 aromatic carbocycles. The second-order valence-corrected chi connectivity index (χ2v) is 5.07. The average molecular weight is 313 g/mol. The Morgan fingerprint density at radius 2 is 1.81 bits per heavy atom. The van der Waals surface area contributed by atoms with E-state index in [1.807, 2.05) is 24.3 Å².